The number of benzene rings is 1. The van der Waals surface area contributed by atoms with Crippen LogP contribution in [0.1, 0.15) is 32.1 Å². The van der Waals surface area contributed by atoms with E-state index in [1.54, 1.807) is 4.68 Å². The summed E-state index contributed by atoms with van der Waals surface area (Å²) in [5, 5.41) is 15.1. The lowest BCUT2D eigenvalue weighted by molar-refractivity contribution is -0.150. The monoisotopic (exact) mass is 244 g/mol. The fourth-order valence-corrected chi connectivity index (χ4v) is 2.86. The fraction of sp³-hybridized carbons (Fsp3) is 0.429. The molecule has 0 saturated heterocycles. The predicted molar refractivity (Wildman–Crippen MR) is 68.4 cm³/mol. The van der Waals surface area contributed by atoms with E-state index in [4.69, 9.17) is 0 Å². The Hall–Kier alpha value is -1.84. The molecule has 1 aromatic heterocycles. The minimum atomic E-state index is -0.836. The van der Waals surface area contributed by atoms with E-state index in [-0.39, 0.29) is 0 Å². The number of carbonyl (C=O) groups is 1. The molecule has 18 heavy (non-hydrogen) atoms. The molecule has 0 atom stereocenters. The molecule has 1 aromatic carbocycles. The lowest BCUT2D eigenvalue weighted by Gasteiger charge is -2.33. The number of carboxylic acids is 1. The van der Waals surface area contributed by atoms with E-state index in [0.717, 1.165) is 30.2 Å². The van der Waals surface area contributed by atoms with Crippen LogP contribution in [0.15, 0.2) is 30.5 Å². The highest BCUT2D eigenvalue weighted by molar-refractivity contribution is 5.81. The third kappa shape index (κ3) is 1.60. The summed E-state index contributed by atoms with van der Waals surface area (Å²) in [5.74, 6) is -0.755. The number of nitrogens with zero attached hydrogens (tertiary/aromatic N) is 2. The molecule has 0 amide bonds. The van der Waals surface area contributed by atoms with Crippen molar-refractivity contribution in [3.8, 4) is 0 Å². The van der Waals surface area contributed by atoms with Gasteiger partial charge >= 0.3 is 5.97 Å². The summed E-state index contributed by atoms with van der Waals surface area (Å²) in [6.45, 7) is 0. The van der Waals surface area contributed by atoms with Crippen LogP contribution in [-0.2, 0) is 10.3 Å². The first-order valence-electron chi connectivity index (χ1n) is 6.41. The van der Waals surface area contributed by atoms with E-state index in [1.165, 1.54) is 0 Å². The second-order valence-corrected chi connectivity index (χ2v) is 5.03. The van der Waals surface area contributed by atoms with Crippen molar-refractivity contribution in [1.82, 2.24) is 9.78 Å². The van der Waals surface area contributed by atoms with Crippen molar-refractivity contribution < 1.29 is 9.90 Å². The highest BCUT2D eigenvalue weighted by Gasteiger charge is 2.42. The zero-order valence-electron chi connectivity index (χ0n) is 10.2. The quantitative estimate of drug-likeness (QED) is 0.883. The summed E-state index contributed by atoms with van der Waals surface area (Å²) < 4.78 is 1.68. The lowest BCUT2D eigenvalue weighted by Crippen LogP contribution is -2.43. The van der Waals surface area contributed by atoms with Crippen LogP contribution in [0, 0.1) is 0 Å². The maximum absolute atomic E-state index is 11.7. The maximum Gasteiger partial charge on any atom is 0.331 e. The Bertz CT molecular complexity index is 549. The molecule has 0 unspecified atom stereocenters. The second kappa shape index (κ2) is 4.12. The normalized spacial score (nSPS) is 18.9. The van der Waals surface area contributed by atoms with Crippen molar-refractivity contribution in [1.29, 1.82) is 0 Å². The van der Waals surface area contributed by atoms with Crippen molar-refractivity contribution in [3.05, 3.63) is 30.5 Å². The van der Waals surface area contributed by atoms with Gasteiger partial charge in [-0.2, -0.15) is 5.10 Å². The average Bonchev–Trinajstić information content (AvgIpc) is 2.83. The zero-order valence-corrected chi connectivity index (χ0v) is 10.2. The molecule has 4 nitrogen and oxygen atoms in total. The van der Waals surface area contributed by atoms with E-state index < -0.39 is 11.5 Å². The lowest BCUT2D eigenvalue weighted by atomic mass is 9.82. The molecular weight excluding hydrogens is 228 g/mol. The minimum absolute atomic E-state index is 0.677. The Balaban J connectivity index is 2.12. The van der Waals surface area contributed by atoms with Crippen LogP contribution in [0.4, 0.5) is 0 Å². The summed E-state index contributed by atoms with van der Waals surface area (Å²) in [6, 6.07) is 7.76. The first-order chi connectivity index (χ1) is 8.72. The van der Waals surface area contributed by atoms with Gasteiger partial charge in [0.05, 0.1) is 5.52 Å². The van der Waals surface area contributed by atoms with E-state index in [9.17, 15) is 9.90 Å². The number of aromatic nitrogens is 2. The molecule has 2 aromatic rings. The second-order valence-electron chi connectivity index (χ2n) is 5.03. The topological polar surface area (TPSA) is 55.1 Å². The van der Waals surface area contributed by atoms with E-state index in [0.29, 0.717) is 12.8 Å². The summed E-state index contributed by atoms with van der Waals surface area (Å²) >= 11 is 0. The molecule has 3 rings (SSSR count). The molecule has 0 radical (unpaired) electrons. The molecule has 1 heterocycles. The molecule has 1 aliphatic rings. The first-order valence-corrected chi connectivity index (χ1v) is 6.41. The van der Waals surface area contributed by atoms with Crippen molar-refractivity contribution in [2.24, 2.45) is 0 Å². The van der Waals surface area contributed by atoms with Gasteiger partial charge in [-0.05, 0) is 18.9 Å². The van der Waals surface area contributed by atoms with Crippen LogP contribution in [-0.4, -0.2) is 20.9 Å². The third-order valence-corrected chi connectivity index (χ3v) is 3.93. The summed E-state index contributed by atoms with van der Waals surface area (Å²) in [4.78, 5) is 11.7. The van der Waals surface area contributed by atoms with E-state index in [2.05, 4.69) is 5.10 Å². The van der Waals surface area contributed by atoms with Crippen LogP contribution in [0.25, 0.3) is 10.9 Å². The summed E-state index contributed by atoms with van der Waals surface area (Å²) in [6.07, 6.45) is 6.27. The molecule has 0 bridgehead atoms. The molecule has 4 heteroatoms. The van der Waals surface area contributed by atoms with Gasteiger partial charge in [0.2, 0.25) is 0 Å². The van der Waals surface area contributed by atoms with Gasteiger partial charge in [-0.15, -0.1) is 0 Å². The maximum atomic E-state index is 11.7. The van der Waals surface area contributed by atoms with Gasteiger partial charge in [-0.25, -0.2) is 4.79 Å². The number of fused-ring (bicyclic) bond motifs is 1. The molecular formula is C14H16N2O2. The Morgan fingerprint density at radius 2 is 1.94 bits per heavy atom. The van der Waals surface area contributed by atoms with Gasteiger partial charge in [0.1, 0.15) is 0 Å². The SMILES string of the molecule is O=C(O)C1(n2cc3ccccc3n2)CCCCC1. The first kappa shape index (κ1) is 11.3. The van der Waals surface area contributed by atoms with E-state index in [1.807, 2.05) is 30.5 Å². The van der Waals surface area contributed by atoms with Gasteiger partial charge in [0.15, 0.2) is 5.54 Å². The Kier molecular flexibility index (Phi) is 2.58. The van der Waals surface area contributed by atoms with Gasteiger partial charge in [0.25, 0.3) is 0 Å². The average molecular weight is 244 g/mol. The molecule has 94 valence electrons. The van der Waals surface area contributed by atoms with Crippen LogP contribution in [0.3, 0.4) is 0 Å². The minimum Gasteiger partial charge on any atom is -0.479 e. The van der Waals surface area contributed by atoms with E-state index >= 15 is 0 Å². The van der Waals surface area contributed by atoms with Crippen LogP contribution in [0.2, 0.25) is 0 Å². The highest BCUT2D eigenvalue weighted by atomic mass is 16.4. The largest absolute Gasteiger partial charge is 0.479 e. The third-order valence-electron chi connectivity index (χ3n) is 3.93. The Morgan fingerprint density at radius 3 is 2.61 bits per heavy atom. The van der Waals surface area contributed by atoms with Gasteiger partial charge < -0.3 is 5.11 Å². The predicted octanol–water partition coefficient (Wildman–Crippen LogP) is 2.78. The van der Waals surface area contributed by atoms with Crippen LogP contribution in [0.5, 0.6) is 0 Å². The number of carboxylic acid groups (broad SMARTS) is 1. The summed E-state index contributed by atoms with van der Waals surface area (Å²) in [5.41, 5.74) is 0.0285. The van der Waals surface area contributed by atoms with Gasteiger partial charge in [-0.3, -0.25) is 4.68 Å². The molecule has 1 aliphatic carbocycles. The molecule has 1 N–H and O–H groups in total. The van der Waals surface area contributed by atoms with Crippen LogP contribution >= 0.6 is 0 Å². The Morgan fingerprint density at radius 1 is 1.22 bits per heavy atom. The molecule has 1 saturated carbocycles. The molecule has 0 spiro atoms. The smallest absolute Gasteiger partial charge is 0.331 e. The standard InChI is InChI=1S/C14H16N2O2/c17-13(18)14(8-4-1-5-9-14)16-10-11-6-2-3-7-12(11)15-16/h2-3,6-7,10H,1,4-5,8-9H2,(H,17,18). The number of rotatable bonds is 2. The number of hydrogen-bond acceptors (Lipinski definition) is 2. The van der Waals surface area contributed by atoms with Crippen molar-refractivity contribution in [2.75, 3.05) is 0 Å². The summed E-state index contributed by atoms with van der Waals surface area (Å²) in [7, 11) is 0. The van der Waals surface area contributed by atoms with Crippen molar-refractivity contribution >= 4 is 16.9 Å². The number of hydrogen-bond donors (Lipinski definition) is 1. The molecule has 0 aliphatic heterocycles. The zero-order chi connectivity index (χ0) is 12.6. The number of aliphatic carboxylic acids is 1. The van der Waals surface area contributed by atoms with Crippen molar-refractivity contribution in [3.63, 3.8) is 0 Å². The fourth-order valence-electron chi connectivity index (χ4n) is 2.86. The van der Waals surface area contributed by atoms with Gasteiger partial charge in [-0.1, -0.05) is 37.5 Å². The van der Waals surface area contributed by atoms with Gasteiger partial charge in [0, 0.05) is 11.6 Å². The highest BCUT2D eigenvalue weighted by Crippen LogP contribution is 2.35. The Labute approximate surface area is 105 Å². The molecule has 1 fully saturated rings. The van der Waals surface area contributed by atoms with Crippen LogP contribution < -0.4 is 0 Å². The van der Waals surface area contributed by atoms with Crippen molar-refractivity contribution in [2.45, 2.75) is 37.6 Å².